The molecule has 0 amide bonds. The smallest absolute Gasteiger partial charge is 0.357 e. The highest BCUT2D eigenvalue weighted by Gasteiger charge is 2.21. The summed E-state index contributed by atoms with van der Waals surface area (Å²) >= 11 is 0. The number of fused-ring (bicyclic) bond motifs is 1. The number of rotatable bonds is 3. The molecule has 0 spiro atoms. The number of nitrogens with two attached hydrogens (primary N) is 1. The van der Waals surface area contributed by atoms with Gasteiger partial charge in [0.1, 0.15) is 6.07 Å². The van der Waals surface area contributed by atoms with Gasteiger partial charge < -0.3 is 19.8 Å². The maximum absolute atomic E-state index is 12.0. The maximum Gasteiger partial charge on any atom is 0.357 e. The Morgan fingerprint density at radius 3 is 2.75 bits per heavy atom. The van der Waals surface area contributed by atoms with Crippen molar-refractivity contribution in [2.75, 3.05) is 20.0 Å². The van der Waals surface area contributed by atoms with Crippen molar-refractivity contribution in [1.82, 2.24) is 9.55 Å². The van der Waals surface area contributed by atoms with Crippen molar-refractivity contribution in [2.24, 2.45) is 0 Å². The third-order valence-electron chi connectivity index (χ3n) is 3.68. The monoisotopic (exact) mass is 322 g/mol. The molecule has 0 radical (unpaired) electrons. The number of nitriles is 1. The van der Waals surface area contributed by atoms with Crippen LogP contribution in [0.3, 0.4) is 0 Å². The number of pyridine rings is 1. The molecule has 2 N–H and O–H groups in total. The maximum atomic E-state index is 12.0. The molecule has 0 aliphatic carbocycles. The van der Waals surface area contributed by atoms with Gasteiger partial charge in [0.15, 0.2) is 5.69 Å². The van der Waals surface area contributed by atoms with E-state index in [-0.39, 0.29) is 16.9 Å². The minimum absolute atomic E-state index is 0.0947. The summed E-state index contributed by atoms with van der Waals surface area (Å²) in [5, 5.41) is 10.0. The van der Waals surface area contributed by atoms with E-state index >= 15 is 0 Å². The van der Waals surface area contributed by atoms with E-state index in [0.29, 0.717) is 11.6 Å². The van der Waals surface area contributed by atoms with Crippen LogP contribution in [-0.4, -0.2) is 29.7 Å². The van der Waals surface area contributed by atoms with E-state index in [0.717, 1.165) is 10.9 Å². The van der Waals surface area contributed by atoms with Gasteiger partial charge >= 0.3 is 5.97 Å². The molecule has 120 valence electrons. The Labute approximate surface area is 137 Å². The summed E-state index contributed by atoms with van der Waals surface area (Å²) in [5.41, 5.74) is 7.75. The molecule has 0 bridgehead atoms. The Balaban J connectivity index is 2.20. The minimum atomic E-state index is -0.609. The molecule has 0 atom stereocenters. The summed E-state index contributed by atoms with van der Waals surface area (Å²) in [6, 6.07) is 11.0. The lowest BCUT2D eigenvalue weighted by Gasteiger charge is -2.09. The average Bonchev–Trinajstić information content (AvgIpc) is 2.96. The van der Waals surface area contributed by atoms with Crippen molar-refractivity contribution in [3.63, 3.8) is 0 Å². The summed E-state index contributed by atoms with van der Waals surface area (Å²) in [6.45, 7) is 0. The van der Waals surface area contributed by atoms with Crippen LogP contribution >= 0.6 is 0 Å². The first-order valence-electron chi connectivity index (χ1n) is 7.03. The van der Waals surface area contributed by atoms with Crippen molar-refractivity contribution in [3.8, 4) is 17.6 Å². The molecule has 0 unspecified atom stereocenters. The van der Waals surface area contributed by atoms with Crippen LogP contribution in [0.5, 0.6) is 5.88 Å². The van der Waals surface area contributed by atoms with Crippen molar-refractivity contribution in [2.45, 2.75) is 0 Å². The molecule has 1 aromatic carbocycles. The molecule has 7 heteroatoms. The highest BCUT2D eigenvalue weighted by atomic mass is 16.5. The molecule has 2 heterocycles. The zero-order valence-corrected chi connectivity index (χ0v) is 13.1. The first kappa shape index (κ1) is 15.4. The lowest BCUT2D eigenvalue weighted by molar-refractivity contribution is 0.0593. The standard InChI is InChI=1S/C17H14N4O3/c1-23-14-6-3-10-7-12(4-5-13(10)20-14)21-9-11(8-18)15(19)16(21)17(22)24-2/h3-7,9H,19H2,1-2H3. The number of carbonyl (C=O) groups is 1. The van der Waals surface area contributed by atoms with Crippen LogP contribution in [0.2, 0.25) is 0 Å². The van der Waals surface area contributed by atoms with Crippen LogP contribution in [0.1, 0.15) is 16.1 Å². The van der Waals surface area contributed by atoms with Crippen LogP contribution in [-0.2, 0) is 4.74 Å². The highest BCUT2D eigenvalue weighted by Crippen LogP contribution is 2.27. The first-order chi connectivity index (χ1) is 11.6. The fourth-order valence-corrected chi connectivity index (χ4v) is 2.48. The molecule has 7 nitrogen and oxygen atoms in total. The van der Waals surface area contributed by atoms with Gasteiger partial charge in [-0.3, -0.25) is 0 Å². The summed E-state index contributed by atoms with van der Waals surface area (Å²) in [6.07, 6.45) is 1.51. The summed E-state index contributed by atoms with van der Waals surface area (Å²) in [7, 11) is 2.82. The highest BCUT2D eigenvalue weighted by molar-refractivity contribution is 5.96. The largest absolute Gasteiger partial charge is 0.481 e. The number of methoxy groups -OCH3 is 2. The number of carbonyl (C=O) groups excluding carboxylic acids is 1. The van der Waals surface area contributed by atoms with E-state index in [1.165, 1.54) is 13.3 Å². The van der Waals surface area contributed by atoms with Crippen LogP contribution in [0.4, 0.5) is 5.69 Å². The van der Waals surface area contributed by atoms with E-state index in [2.05, 4.69) is 4.98 Å². The van der Waals surface area contributed by atoms with Gasteiger partial charge in [0, 0.05) is 23.3 Å². The number of ether oxygens (including phenoxy) is 2. The molecule has 3 rings (SSSR count). The zero-order chi connectivity index (χ0) is 17.3. The molecule has 0 saturated carbocycles. The van der Waals surface area contributed by atoms with E-state index in [1.807, 2.05) is 18.2 Å². The zero-order valence-electron chi connectivity index (χ0n) is 13.1. The molecule has 0 aliphatic heterocycles. The second-order valence-corrected chi connectivity index (χ2v) is 5.01. The quantitative estimate of drug-likeness (QED) is 0.742. The van der Waals surface area contributed by atoms with E-state index in [1.54, 1.807) is 29.9 Å². The van der Waals surface area contributed by atoms with Crippen molar-refractivity contribution in [3.05, 3.63) is 47.8 Å². The third-order valence-corrected chi connectivity index (χ3v) is 3.68. The molecular weight excluding hydrogens is 308 g/mol. The predicted molar refractivity (Wildman–Crippen MR) is 88.1 cm³/mol. The van der Waals surface area contributed by atoms with Gasteiger partial charge in [-0.15, -0.1) is 0 Å². The number of benzene rings is 1. The average molecular weight is 322 g/mol. The van der Waals surface area contributed by atoms with Gasteiger partial charge in [0.05, 0.1) is 31.0 Å². The normalized spacial score (nSPS) is 10.4. The van der Waals surface area contributed by atoms with Gasteiger partial charge in [-0.25, -0.2) is 9.78 Å². The number of nitrogen functional groups attached to an aromatic ring is 1. The van der Waals surface area contributed by atoms with Crippen molar-refractivity contribution in [1.29, 1.82) is 5.26 Å². The van der Waals surface area contributed by atoms with Gasteiger partial charge in [0.25, 0.3) is 0 Å². The predicted octanol–water partition coefficient (Wildman–Crippen LogP) is 2.27. The molecule has 24 heavy (non-hydrogen) atoms. The lowest BCUT2D eigenvalue weighted by atomic mass is 10.2. The van der Waals surface area contributed by atoms with E-state index < -0.39 is 5.97 Å². The number of aromatic nitrogens is 2. The van der Waals surface area contributed by atoms with Crippen LogP contribution in [0, 0.1) is 11.3 Å². The molecule has 2 aromatic heterocycles. The molecule has 0 fully saturated rings. The number of esters is 1. The molecule has 0 aliphatic rings. The molecular formula is C17H14N4O3. The van der Waals surface area contributed by atoms with Crippen molar-refractivity contribution >= 4 is 22.6 Å². The lowest BCUT2D eigenvalue weighted by Crippen LogP contribution is -2.11. The van der Waals surface area contributed by atoms with Crippen LogP contribution < -0.4 is 10.5 Å². The topological polar surface area (TPSA) is 103 Å². The Bertz CT molecular complexity index is 985. The summed E-state index contributed by atoms with van der Waals surface area (Å²) in [4.78, 5) is 16.4. The van der Waals surface area contributed by atoms with Gasteiger partial charge in [-0.1, -0.05) is 0 Å². The molecule has 3 aromatic rings. The van der Waals surface area contributed by atoms with Crippen LogP contribution in [0.25, 0.3) is 16.6 Å². The van der Waals surface area contributed by atoms with Crippen LogP contribution in [0.15, 0.2) is 36.5 Å². The number of anilines is 1. The second-order valence-electron chi connectivity index (χ2n) is 5.01. The Morgan fingerprint density at radius 2 is 2.08 bits per heavy atom. The summed E-state index contributed by atoms with van der Waals surface area (Å²) in [5.74, 6) is -0.0931. The number of hydrogen-bond donors (Lipinski definition) is 1. The van der Waals surface area contributed by atoms with E-state index in [4.69, 9.17) is 20.5 Å². The fourth-order valence-electron chi connectivity index (χ4n) is 2.48. The molecule has 0 saturated heterocycles. The fraction of sp³-hybridized carbons (Fsp3) is 0.118. The third kappa shape index (κ3) is 2.40. The Kier molecular flexibility index (Phi) is 3.80. The number of hydrogen-bond acceptors (Lipinski definition) is 6. The SMILES string of the molecule is COC(=O)c1c(N)c(C#N)cn1-c1ccc2nc(OC)ccc2c1. The second kappa shape index (κ2) is 5.93. The van der Waals surface area contributed by atoms with Gasteiger partial charge in [-0.2, -0.15) is 5.26 Å². The first-order valence-corrected chi connectivity index (χ1v) is 7.03. The van der Waals surface area contributed by atoms with Crippen molar-refractivity contribution < 1.29 is 14.3 Å². The summed E-state index contributed by atoms with van der Waals surface area (Å²) < 4.78 is 11.4. The number of nitrogens with zero attached hydrogens (tertiary/aromatic N) is 3. The van der Waals surface area contributed by atoms with Gasteiger partial charge in [-0.05, 0) is 24.3 Å². The Morgan fingerprint density at radius 1 is 1.29 bits per heavy atom. The minimum Gasteiger partial charge on any atom is -0.481 e. The van der Waals surface area contributed by atoms with Gasteiger partial charge in [0.2, 0.25) is 5.88 Å². The Hall–Kier alpha value is -3.53. The van der Waals surface area contributed by atoms with E-state index in [9.17, 15) is 4.79 Å².